The Labute approximate surface area is 334 Å². The van der Waals surface area contributed by atoms with Crippen LogP contribution in [-0.2, 0) is 21.9 Å². The Morgan fingerprint density at radius 3 is 2.05 bits per heavy atom. The van der Waals surface area contributed by atoms with E-state index in [0.717, 1.165) is 46.8 Å². The zero-order valence-corrected chi connectivity index (χ0v) is 34.7. The third-order valence-corrected chi connectivity index (χ3v) is 9.68. The fourth-order valence-corrected chi connectivity index (χ4v) is 6.92. The first-order chi connectivity index (χ1) is 27.0. The van der Waals surface area contributed by atoms with Gasteiger partial charge < -0.3 is 34.5 Å². The summed E-state index contributed by atoms with van der Waals surface area (Å²) in [5, 5.41) is 7.25. The van der Waals surface area contributed by atoms with Gasteiger partial charge in [0.25, 0.3) is 0 Å². The maximum absolute atomic E-state index is 13.5. The number of aromatic nitrogens is 1. The molecule has 2 amide bonds. The quantitative estimate of drug-likeness (QED) is 0.0828. The molecule has 14 heteroatoms. The number of rotatable bonds is 16. The average Bonchev–Trinajstić information content (AvgIpc) is 3.14. The lowest BCUT2D eigenvalue weighted by atomic mass is 9.86. The molecule has 302 valence electrons. The Morgan fingerprint density at radius 2 is 1.44 bits per heavy atom. The summed E-state index contributed by atoms with van der Waals surface area (Å²) in [5.74, 6) is 2.15. The number of Topliss-reactive ketones (excluding diaryl/α,β-unsaturated/α-hetero) is 1. The molecule has 0 fully saturated rings. The standard InChI is InChI=1S/C43H51N5O8S/c1-43(2,3)28-24-34(41(55-8)35(25-28)47-57(9,51)52)46-42(50)45-33-16-17-37(32-14-11-10-13-31(32)33)56-30-18-19-44-29(26-30)21-27-22-38(53-6)40(39(23-27)54-7)36(49)15-12-20-48(4)5/h10-11,13-14,16-19,22-26,47H,12,15,20-21H2,1-9H3,(H2,45,46,50). The molecule has 0 radical (unpaired) electrons. The van der Waals surface area contributed by atoms with Crippen LogP contribution in [0.15, 0.2) is 79.0 Å². The Balaban J connectivity index is 1.37. The Hall–Kier alpha value is -5.86. The van der Waals surface area contributed by atoms with Crippen LogP contribution < -0.4 is 34.3 Å². The lowest BCUT2D eigenvalue weighted by Crippen LogP contribution is -2.22. The number of urea groups is 1. The molecule has 0 spiro atoms. The second kappa shape index (κ2) is 17.9. The molecule has 0 atom stereocenters. The summed E-state index contributed by atoms with van der Waals surface area (Å²) in [6.45, 7) is 6.75. The van der Waals surface area contributed by atoms with Crippen LogP contribution in [-0.4, -0.2) is 78.3 Å². The lowest BCUT2D eigenvalue weighted by Gasteiger charge is -2.24. The van der Waals surface area contributed by atoms with Crippen molar-refractivity contribution < 1.29 is 37.0 Å². The molecule has 0 saturated heterocycles. The molecule has 0 aliphatic carbocycles. The number of hydrogen-bond donors (Lipinski definition) is 3. The summed E-state index contributed by atoms with van der Waals surface area (Å²) in [6.07, 6.45) is 4.24. The first-order valence-corrected chi connectivity index (χ1v) is 20.2. The van der Waals surface area contributed by atoms with E-state index in [9.17, 15) is 18.0 Å². The third-order valence-electron chi connectivity index (χ3n) is 9.09. The predicted molar refractivity (Wildman–Crippen MR) is 226 cm³/mol. The van der Waals surface area contributed by atoms with E-state index in [-0.39, 0.29) is 22.6 Å². The molecule has 13 nitrogen and oxygen atoms in total. The second-order valence-corrected chi connectivity index (χ2v) is 16.7. The minimum Gasteiger partial charge on any atom is -0.496 e. The molecule has 1 heterocycles. The van der Waals surface area contributed by atoms with Crippen molar-refractivity contribution in [3.8, 4) is 28.7 Å². The van der Waals surface area contributed by atoms with E-state index < -0.39 is 16.1 Å². The molecule has 4 aromatic carbocycles. The maximum atomic E-state index is 13.5. The van der Waals surface area contributed by atoms with Crippen molar-refractivity contribution in [1.29, 1.82) is 0 Å². The van der Waals surface area contributed by atoms with Gasteiger partial charge in [0.15, 0.2) is 11.5 Å². The number of amides is 2. The van der Waals surface area contributed by atoms with Gasteiger partial charge in [-0.25, -0.2) is 13.2 Å². The SMILES string of the molecule is COc1cc(Cc2cc(Oc3ccc(NC(=O)Nc4cc(C(C)(C)C)cc(NS(C)(=O)=O)c4OC)c4ccccc34)ccn2)cc(OC)c1C(=O)CCCN(C)C. The number of methoxy groups -OCH3 is 3. The van der Waals surface area contributed by atoms with E-state index >= 15 is 0 Å². The van der Waals surface area contributed by atoms with Crippen molar-refractivity contribution >= 4 is 49.7 Å². The van der Waals surface area contributed by atoms with Gasteiger partial charge in [0.2, 0.25) is 10.0 Å². The van der Waals surface area contributed by atoms with Crippen LogP contribution >= 0.6 is 0 Å². The van der Waals surface area contributed by atoms with E-state index in [4.69, 9.17) is 18.9 Å². The van der Waals surface area contributed by atoms with E-state index in [1.165, 1.54) is 7.11 Å². The summed E-state index contributed by atoms with van der Waals surface area (Å²) in [6, 6.07) is 21.3. The van der Waals surface area contributed by atoms with Gasteiger partial charge in [0.05, 0.1) is 44.6 Å². The monoisotopic (exact) mass is 797 g/mol. The van der Waals surface area contributed by atoms with Gasteiger partial charge in [-0.1, -0.05) is 45.0 Å². The lowest BCUT2D eigenvalue weighted by molar-refractivity contribution is 0.0971. The smallest absolute Gasteiger partial charge is 0.323 e. The van der Waals surface area contributed by atoms with Gasteiger partial charge in [-0.2, -0.15) is 0 Å². The first kappa shape index (κ1) is 42.3. The van der Waals surface area contributed by atoms with Gasteiger partial charge in [0.1, 0.15) is 28.6 Å². The summed E-state index contributed by atoms with van der Waals surface area (Å²) in [5.41, 5.74) is 3.45. The van der Waals surface area contributed by atoms with Crippen molar-refractivity contribution in [2.24, 2.45) is 0 Å². The average molecular weight is 798 g/mol. The van der Waals surface area contributed by atoms with Gasteiger partial charge >= 0.3 is 6.03 Å². The Kier molecular flexibility index (Phi) is 13.3. The molecule has 3 N–H and O–H groups in total. The molecule has 57 heavy (non-hydrogen) atoms. The largest absolute Gasteiger partial charge is 0.496 e. The topological polar surface area (TPSA) is 157 Å². The van der Waals surface area contributed by atoms with Crippen LogP contribution in [0.5, 0.6) is 28.7 Å². The number of hydrogen-bond acceptors (Lipinski definition) is 10. The van der Waals surface area contributed by atoms with Crippen LogP contribution in [0, 0.1) is 0 Å². The number of ether oxygens (including phenoxy) is 4. The summed E-state index contributed by atoms with van der Waals surface area (Å²) < 4.78 is 50.1. The highest BCUT2D eigenvalue weighted by Crippen LogP contribution is 2.40. The first-order valence-electron chi connectivity index (χ1n) is 18.3. The minimum absolute atomic E-state index is 0.0381. The fraction of sp³-hybridized carbons (Fsp3) is 0.326. The Bertz CT molecular complexity index is 2350. The summed E-state index contributed by atoms with van der Waals surface area (Å²) in [7, 11) is 4.80. The maximum Gasteiger partial charge on any atom is 0.323 e. The number of sulfonamides is 1. The number of benzene rings is 4. The molecular formula is C43H51N5O8S. The van der Waals surface area contributed by atoms with Gasteiger partial charge in [-0.15, -0.1) is 0 Å². The van der Waals surface area contributed by atoms with Gasteiger partial charge in [-0.05, 0) is 86.1 Å². The Morgan fingerprint density at radius 1 is 0.789 bits per heavy atom. The number of nitrogens with zero attached hydrogens (tertiary/aromatic N) is 2. The number of fused-ring (bicyclic) bond motifs is 1. The van der Waals surface area contributed by atoms with Crippen LogP contribution in [0.2, 0.25) is 0 Å². The van der Waals surface area contributed by atoms with Crippen LogP contribution in [0.3, 0.4) is 0 Å². The van der Waals surface area contributed by atoms with Crippen LogP contribution in [0.25, 0.3) is 10.8 Å². The van der Waals surface area contributed by atoms with Crippen molar-refractivity contribution in [1.82, 2.24) is 9.88 Å². The molecule has 0 bridgehead atoms. The fourth-order valence-electron chi connectivity index (χ4n) is 6.37. The summed E-state index contributed by atoms with van der Waals surface area (Å²) in [4.78, 5) is 33.3. The number of carbonyl (C=O) groups excluding carboxylic acids is 2. The highest BCUT2D eigenvalue weighted by atomic mass is 32.2. The molecule has 0 aliphatic rings. The van der Waals surface area contributed by atoms with Crippen molar-refractivity contribution in [3.63, 3.8) is 0 Å². The van der Waals surface area contributed by atoms with Gasteiger partial charge in [0, 0.05) is 41.6 Å². The number of pyridine rings is 1. The zero-order valence-electron chi connectivity index (χ0n) is 33.9. The molecule has 5 aromatic rings. The number of carbonyl (C=O) groups is 2. The highest BCUT2D eigenvalue weighted by Gasteiger charge is 2.23. The normalized spacial score (nSPS) is 11.6. The van der Waals surface area contributed by atoms with E-state index in [0.29, 0.717) is 52.8 Å². The molecule has 0 saturated carbocycles. The van der Waals surface area contributed by atoms with Crippen molar-refractivity contribution in [2.75, 3.05) is 63.6 Å². The van der Waals surface area contributed by atoms with Crippen LogP contribution in [0.4, 0.5) is 21.9 Å². The van der Waals surface area contributed by atoms with Gasteiger partial charge in [-0.3, -0.25) is 14.5 Å². The highest BCUT2D eigenvalue weighted by molar-refractivity contribution is 7.92. The van der Waals surface area contributed by atoms with E-state index in [2.05, 4.69) is 20.3 Å². The molecular weight excluding hydrogens is 747 g/mol. The molecule has 0 unspecified atom stereocenters. The van der Waals surface area contributed by atoms with Crippen molar-refractivity contribution in [3.05, 3.63) is 101 Å². The van der Waals surface area contributed by atoms with E-state index in [1.807, 2.05) is 82.2 Å². The molecule has 5 rings (SSSR count). The third kappa shape index (κ3) is 10.9. The second-order valence-electron chi connectivity index (χ2n) is 14.9. The molecule has 1 aromatic heterocycles. The zero-order chi connectivity index (χ0) is 41.5. The van der Waals surface area contributed by atoms with Crippen molar-refractivity contribution in [2.45, 2.75) is 45.4 Å². The predicted octanol–water partition coefficient (Wildman–Crippen LogP) is 8.48. The van der Waals surface area contributed by atoms with E-state index in [1.54, 1.807) is 50.7 Å². The minimum atomic E-state index is -3.64. The number of nitrogens with one attached hydrogen (secondary N) is 3. The molecule has 0 aliphatic heterocycles. The van der Waals surface area contributed by atoms with Crippen LogP contribution in [0.1, 0.15) is 60.8 Å². The summed E-state index contributed by atoms with van der Waals surface area (Å²) >= 11 is 0. The number of anilines is 3. The number of ketones is 1.